The average Bonchev–Trinajstić information content (AvgIpc) is 3.35. The Morgan fingerprint density at radius 1 is 1.15 bits per heavy atom. The molecule has 1 N–H and O–H groups in total. The fourth-order valence-electron chi connectivity index (χ4n) is 3.43. The van der Waals surface area contributed by atoms with Gasteiger partial charge >= 0.3 is 0 Å². The van der Waals surface area contributed by atoms with Crippen molar-refractivity contribution in [1.29, 1.82) is 0 Å². The van der Waals surface area contributed by atoms with Gasteiger partial charge < -0.3 is 15.0 Å². The summed E-state index contributed by atoms with van der Waals surface area (Å²) in [5.41, 5.74) is 0.591. The molecular weight excluding hydrogens is 342 g/mol. The number of anilines is 1. The number of ether oxygens (including phenoxy) is 1. The molecule has 2 aromatic rings. The summed E-state index contributed by atoms with van der Waals surface area (Å²) < 4.78 is 5.85. The Hall–Kier alpha value is -2.89. The minimum atomic E-state index is -0.400. The molecular formula is C21H23N3O3. The molecule has 1 atom stereocenters. The van der Waals surface area contributed by atoms with Gasteiger partial charge in [-0.1, -0.05) is 12.1 Å². The molecule has 2 fully saturated rings. The highest BCUT2D eigenvalue weighted by Gasteiger charge is 2.36. The van der Waals surface area contributed by atoms with Crippen molar-refractivity contribution in [3.05, 3.63) is 48.8 Å². The number of rotatable bonds is 6. The number of hydrogen-bond acceptors (Lipinski definition) is 4. The van der Waals surface area contributed by atoms with Gasteiger partial charge in [-0.15, -0.1) is 0 Å². The second kappa shape index (κ2) is 7.78. The summed E-state index contributed by atoms with van der Waals surface area (Å²) in [5, 5.41) is 2.95. The molecule has 1 aromatic heterocycles. The Balaban J connectivity index is 1.45. The summed E-state index contributed by atoms with van der Waals surface area (Å²) in [7, 11) is 0. The monoisotopic (exact) mass is 365 g/mol. The van der Waals surface area contributed by atoms with Crippen LogP contribution in [0.5, 0.6) is 11.5 Å². The van der Waals surface area contributed by atoms with Gasteiger partial charge in [-0.25, -0.2) is 0 Å². The van der Waals surface area contributed by atoms with Gasteiger partial charge in [0.2, 0.25) is 11.8 Å². The number of para-hydroxylation sites is 2. The first-order valence-electron chi connectivity index (χ1n) is 9.48. The number of benzene rings is 1. The first kappa shape index (κ1) is 17.5. The third-order valence-corrected chi connectivity index (χ3v) is 5.04. The van der Waals surface area contributed by atoms with Gasteiger partial charge in [-0.3, -0.25) is 14.6 Å². The highest BCUT2D eigenvalue weighted by molar-refractivity contribution is 5.98. The smallest absolute Gasteiger partial charge is 0.247 e. The van der Waals surface area contributed by atoms with E-state index >= 15 is 0 Å². The number of amides is 2. The first-order chi connectivity index (χ1) is 13.2. The molecule has 0 spiro atoms. The van der Waals surface area contributed by atoms with E-state index in [4.69, 9.17) is 4.74 Å². The lowest BCUT2D eigenvalue weighted by Gasteiger charge is -2.24. The van der Waals surface area contributed by atoms with Crippen molar-refractivity contribution < 1.29 is 14.3 Å². The van der Waals surface area contributed by atoms with Crippen molar-refractivity contribution in [3.8, 4) is 11.5 Å². The molecule has 1 aliphatic carbocycles. The zero-order valence-corrected chi connectivity index (χ0v) is 15.1. The van der Waals surface area contributed by atoms with Crippen LogP contribution in [-0.4, -0.2) is 34.3 Å². The summed E-state index contributed by atoms with van der Waals surface area (Å²) in [6.07, 6.45) is 7.70. The van der Waals surface area contributed by atoms with Crippen LogP contribution in [-0.2, 0) is 9.59 Å². The molecule has 1 aliphatic heterocycles. The van der Waals surface area contributed by atoms with E-state index in [1.165, 1.54) is 0 Å². The van der Waals surface area contributed by atoms with Gasteiger partial charge in [0.1, 0.15) is 11.8 Å². The van der Waals surface area contributed by atoms with Crippen LogP contribution < -0.4 is 10.1 Å². The molecule has 6 heteroatoms. The Bertz CT molecular complexity index is 820. The van der Waals surface area contributed by atoms with Crippen molar-refractivity contribution in [3.63, 3.8) is 0 Å². The third-order valence-electron chi connectivity index (χ3n) is 5.04. The minimum Gasteiger partial charge on any atom is -0.454 e. The zero-order chi connectivity index (χ0) is 18.6. The lowest BCUT2D eigenvalue weighted by molar-refractivity contribution is -0.136. The molecule has 27 heavy (non-hydrogen) atoms. The van der Waals surface area contributed by atoms with Gasteiger partial charge in [0.15, 0.2) is 5.75 Å². The predicted octanol–water partition coefficient (Wildman–Crippen LogP) is 3.60. The fraction of sp³-hybridized carbons (Fsp3) is 0.381. The summed E-state index contributed by atoms with van der Waals surface area (Å²) in [6.45, 7) is 0.664. The molecule has 0 bridgehead atoms. The van der Waals surface area contributed by atoms with Crippen LogP contribution >= 0.6 is 0 Å². The van der Waals surface area contributed by atoms with E-state index in [1.54, 1.807) is 41.6 Å². The molecule has 1 saturated heterocycles. The van der Waals surface area contributed by atoms with Crippen LogP contribution in [0.3, 0.4) is 0 Å². The Morgan fingerprint density at radius 3 is 2.78 bits per heavy atom. The largest absolute Gasteiger partial charge is 0.454 e. The number of likely N-dealkylation sites (tertiary alicyclic amines) is 1. The van der Waals surface area contributed by atoms with Crippen molar-refractivity contribution in [2.24, 2.45) is 5.92 Å². The van der Waals surface area contributed by atoms with Crippen LogP contribution in [0, 0.1) is 5.92 Å². The van der Waals surface area contributed by atoms with Crippen molar-refractivity contribution in [1.82, 2.24) is 9.88 Å². The van der Waals surface area contributed by atoms with E-state index < -0.39 is 6.04 Å². The summed E-state index contributed by atoms with van der Waals surface area (Å²) in [5.74, 6) is 1.62. The Kier molecular flexibility index (Phi) is 5.05. The normalized spacial score (nSPS) is 19.0. The second-order valence-corrected chi connectivity index (χ2v) is 7.17. The summed E-state index contributed by atoms with van der Waals surface area (Å²) >= 11 is 0. The molecule has 2 heterocycles. The number of carbonyl (C=O) groups excluding carboxylic acids is 2. The van der Waals surface area contributed by atoms with Gasteiger partial charge in [0, 0.05) is 19.2 Å². The van der Waals surface area contributed by atoms with E-state index in [2.05, 4.69) is 10.3 Å². The van der Waals surface area contributed by atoms with Gasteiger partial charge in [0.05, 0.1) is 11.9 Å². The molecule has 0 radical (unpaired) electrons. The first-order valence-corrected chi connectivity index (χ1v) is 9.48. The van der Waals surface area contributed by atoms with Gasteiger partial charge in [-0.05, 0) is 55.9 Å². The second-order valence-electron chi connectivity index (χ2n) is 7.17. The maximum absolute atomic E-state index is 12.9. The summed E-state index contributed by atoms with van der Waals surface area (Å²) in [6, 6.07) is 10.5. The van der Waals surface area contributed by atoms with Gasteiger partial charge in [0.25, 0.3) is 0 Å². The molecule has 4 rings (SSSR count). The lowest BCUT2D eigenvalue weighted by atomic mass is 10.1. The lowest BCUT2D eigenvalue weighted by Crippen LogP contribution is -2.43. The molecule has 1 saturated carbocycles. The Morgan fingerprint density at radius 2 is 2.00 bits per heavy atom. The van der Waals surface area contributed by atoms with Gasteiger partial charge in [-0.2, -0.15) is 0 Å². The highest BCUT2D eigenvalue weighted by atomic mass is 16.5. The van der Waals surface area contributed by atoms with Crippen LogP contribution in [0.25, 0.3) is 0 Å². The van der Waals surface area contributed by atoms with E-state index in [-0.39, 0.29) is 11.8 Å². The number of nitrogens with zero attached hydrogens (tertiary/aromatic N) is 2. The third kappa shape index (κ3) is 4.27. The molecule has 6 nitrogen and oxygen atoms in total. The predicted molar refractivity (Wildman–Crippen MR) is 101 cm³/mol. The maximum atomic E-state index is 12.9. The quantitative estimate of drug-likeness (QED) is 0.849. The Labute approximate surface area is 158 Å². The molecule has 0 unspecified atom stereocenters. The van der Waals surface area contributed by atoms with E-state index in [0.29, 0.717) is 42.5 Å². The SMILES string of the molecule is O=C(Nc1ccccc1Oc1cccnc1)[C@@H]1CCCN1C(=O)CC1CC1. The van der Waals surface area contributed by atoms with Crippen LogP contribution in [0.1, 0.15) is 32.1 Å². The van der Waals surface area contributed by atoms with E-state index in [9.17, 15) is 9.59 Å². The van der Waals surface area contributed by atoms with Crippen molar-refractivity contribution in [2.45, 2.75) is 38.1 Å². The number of aromatic nitrogens is 1. The molecule has 2 aliphatic rings. The standard InChI is InChI=1S/C21H23N3O3/c25-20(13-15-9-10-15)24-12-4-7-18(24)21(26)23-17-6-1-2-8-19(17)27-16-5-3-11-22-14-16/h1-3,5-6,8,11,14-15,18H,4,7,9-10,12-13H2,(H,23,26)/t18-/m0/s1. The maximum Gasteiger partial charge on any atom is 0.247 e. The number of pyridine rings is 1. The van der Waals surface area contributed by atoms with Crippen molar-refractivity contribution >= 4 is 17.5 Å². The molecule has 140 valence electrons. The highest BCUT2D eigenvalue weighted by Crippen LogP contribution is 2.34. The number of carbonyl (C=O) groups is 2. The van der Waals surface area contributed by atoms with E-state index in [0.717, 1.165) is 19.3 Å². The summed E-state index contributed by atoms with van der Waals surface area (Å²) in [4.78, 5) is 31.1. The molecule has 2 amide bonds. The number of hydrogen-bond donors (Lipinski definition) is 1. The average molecular weight is 365 g/mol. The fourth-order valence-corrected chi connectivity index (χ4v) is 3.43. The van der Waals surface area contributed by atoms with Crippen molar-refractivity contribution in [2.75, 3.05) is 11.9 Å². The van der Waals surface area contributed by atoms with E-state index in [1.807, 2.05) is 12.1 Å². The topological polar surface area (TPSA) is 71.5 Å². The zero-order valence-electron chi connectivity index (χ0n) is 15.1. The van der Waals surface area contributed by atoms with Crippen LogP contribution in [0.15, 0.2) is 48.8 Å². The van der Waals surface area contributed by atoms with Crippen LogP contribution in [0.4, 0.5) is 5.69 Å². The minimum absolute atomic E-state index is 0.107. The number of nitrogens with one attached hydrogen (secondary N) is 1. The molecule has 1 aromatic carbocycles. The van der Waals surface area contributed by atoms with Crippen LogP contribution in [0.2, 0.25) is 0 Å².